The molecule has 1 aromatic carbocycles. The van der Waals surface area contributed by atoms with Gasteiger partial charge in [0.25, 0.3) is 0 Å². The second-order valence-corrected chi connectivity index (χ2v) is 6.05. The van der Waals surface area contributed by atoms with E-state index in [2.05, 4.69) is 10.4 Å². The maximum atomic E-state index is 12.5. The van der Waals surface area contributed by atoms with Gasteiger partial charge in [-0.3, -0.25) is 9.48 Å². The molecule has 2 N–H and O–H groups in total. The number of rotatable bonds is 6. The molecule has 1 amide bonds. The molecule has 0 aliphatic rings. The molecule has 0 aliphatic carbocycles. The minimum absolute atomic E-state index is 0.0632. The van der Waals surface area contributed by atoms with Crippen LogP contribution >= 0.6 is 0 Å². The summed E-state index contributed by atoms with van der Waals surface area (Å²) in [5.74, 6) is 0.350. The van der Waals surface area contributed by atoms with Crippen molar-refractivity contribution in [1.82, 2.24) is 9.78 Å². The van der Waals surface area contributed by atoms with Crippen molar-refractivity contribution < 1.29 is 14.6 Å². The van der Waals surface area contributed by atoms with Gasteiger partial charge in [-0.1, -0.05) is 6.92 Å². The molecule has 6 nitrogen and oxygen atoms in total. The van der Waals surface area contributed by atoms with E-state index in [-0.39, 0.29) is 18.4 Å². The van der Waals surface area contributed by atoms with Gasteiger partial charge in [0.05, 0.1) is 19.4 Å². The molecular weight excluding hydrogens is 306 g/mol. The number of amides is 1. The summed E-state index contributed by atoms with van der Waals surface area (Å²) in [6.07, 6.45) is 0.639. The first-order valence-corrected chi connectivity index (χ1v) is 7.95. The van der Waals surface area contributed by atoms with Crippen LogP contribution in [0.4, 0.5) is 5.69 Å². The second-order valence-electron chi connectivity index (χ2n) is 6.05. The first kappa shape index (κ1) is 18.0. The second kappa shape index (κ2) is 7.49. The van der Waals surface area contributed by atoms with Gasteiger partial charge in [-0.05, 0) is 44.0 Å². The van der Waals surface area contributed by atoms with Crippen LogP contribution in [-0.2, 0) is 24.9 Å². The zero-order chi connectivity index (χ0) is 17.9. The molecule has 0 aliphatic heterocycles. The summed E-state index contributed by atoms with van der Waals surface area (Å²) in [5, 5.41) is 16.7. The summed E-state index contributed by atoms with van der Waals surface area (Å²) in [7, 11) is 3.46. The molecule has 1 heterocycles. The SMILES string of the molecule is COc1ccc(NC(=O)C(C)Cc2c(C)nn(C)c2C)cc1CO. The number of aliphatic hydroxyl groups excluding tert-OH is 1. The van der Waals surface area contributed by atoms with Crippen LogP contribution in [-0.4, -0.2) is 27.9 Å². The fourth-order valence-corrected chi connectivity index (χ4v) is 2.76. The van der Waals surface area contributed by atoms with Crippen LogP contribution in [0.1, 0.15) is 29.4 Å². The minimum Gasteiger partial charge on any atom is -0.496 e. The Hall–Kier alpha value is -2.34. The highest BCUT2D eigenvalue weighted by atomic mass is 16.5. The summed E-state index contributed by atoms with van der Waals surface area (Å²) < 4.78 is 7.01. The highest BCUT2D eigenvalue weighted by Crippen LogP contribution is 2.23. The summed E-state index contributed by atoms with van der Waals surface area (Å²) in [4.78, 5) is 12.5. The molecule has 1 aromatic heterocycles. The number of carbonyl (C=O) groups is 1. The average Bonchev–Trinajstić information content (AvgIpc) is 2.80. The summed E-state index contributed by atoms with van der Waals surface area (Å²) in [6, 6.07) is 5.23. The number of benzene rings is 1. The maximum absolute atomic E-state index is 12.5. The largest absolute Gasteiger partial charge is 0.496 e. The van der Waals surface area contributed by atoms with Gasteiger partial charge in [-0.25, -0.2) is 0 Å². The maximum Gasteiger partial charge on any atom is 0.227 e. The molecular formula is C18H25N3O3. The van der Waals surface area contributed by atoms with E-state index >= 15 is 0 Å². The molecule has 24 heavy (non-hydrogen) atoms. The lowest BCUT2D eigenvalue weighted by molar-refractivity contribution is -0.119. The van der Waals surface area contributed by atoms with Gasteiger partial charge in [0.15, 0.2) is 0 Å². The Balaban J connectivity index is 2.09. The van der Waals surface area contributed by atoms with Gasteiger partial charge >= 0.3 is 0 Å². The highest BCUT2D eigenvalue weighted by Gasteiger charge is 2.19. The molecule has 2 rings (SSSR count). The first-order valence-electron chi connectivity index (χ1n) is 7.95. The van der Waals surface area contributed by atoms with Gasteiger partial charge in [0.2, 0.25) is 5.91 Å². The van der Waals surface area contributed by atoms with E-state index in [1.165, 1.54) is 0 Å². The zero-order valence-electron chi connectivity index (χ0n) is 14.9. The number of carbonyl (C=O) groups excluding carboxylic acids is 1. The lowest BCUT2D eigenvalue weighted by atomic mass is 9.98. The van der Waals surface area contributed by atoms with Crippen molar-refractivity contribution in [3.05, 3.63) is 40.7 Å². The predicted molar refractivity (Wildman–Crippen MR) is 93.1 cm³/mol. The fraction of sp³-hybridized carbons (Fsp3) is 0.444. The van der Waals surface area contributed by atoms with E-state index in [4.69, 9.17) is 4.74 Å². The van der Waals surface area contributed by atoms with Gasteiger partial charge in [-0.2, -0.15) is 5.10 Å². The van der Waals surface area contributed by atoms with E-state index in [9.17, 15) is 9.90 Å². The number of hydrogen-bond acceptors (Lipinski definition) is 4. The molecule has 1 atom stereocenters. The number of methoxy groups -OCH3 is 1. The molecule has 0 saturated carbocycles. The van der Waals surface area contributed by atoms with E-state index in [0.717, 1.165) is 17.0 Å². The highest BCUT2D eigenvalue weighted by molar-refractivity contribution is 5.92. The number of aryl methyl sites for hydroxylation is 2. The van der Waals surface area contributed by atoms with Crippen LogP contribution in [0.25, 0.3) is 0 Å². The Bertz CT molecular complexity index is 737. The van der Waals surface area contributed by atoms with E-state index in [1.54, 1.807) is 25.3 Å². The van der Waals surface area contributed by atoms with E-state index < -0.39 is 0 Å². The lowest BCUT2D eigenvalue weighted by Crippen LogP contribution is -2.22. The standard InChI is InChI=1S/C18H25N3O3/c1-11(8-16-12(2)20-21(4)13(16)3)18(23)19-15-6-7-17(24-5)14(9-15)10-22/h6-7,9,11,22H,8,10H2,1-5H3,(H,19,23). The molecule has 2 aromatic rings. The Labute approximate surface area is 142 Å². The first-order chi connectivity index (χ1) is 11.4. The zero-order valence-corrected chi connectivity index (χ0v) is 14.9. The van der Waals surface area contributed by atoms with Crippen molar-refractivity contribution in [2.45, 2.75) is 33.8 Å². The number of anilines is 1. The molecule has 0 spiro atoms. The number of aromatic nitrogens is 2. The third kappa shape index (κ3) is 3.76. The summed E-state index contributed by atoms with van der Waals surface area (Å²) in [6.45, 7) is 5.73. The molecule has 0 bridgehead atoms. The van der Waals surface area contributed by atoms with Crippen LogP contribution in [0.15, 0.2) is 18.2 Å². The van der Waals surface area contributed by atoms with Crippen molar-refractivity contribution in [3.63, 3.8) is 0 Å². The quantitative estimate of drug-likeness (QED) is 0.852. The number of ether oxygens (including phenoxy) is 1. The fourth-order valence-electron chi connectivity index (χ4n) is 2.76. The number of hydrogen-bond donors (Lipinski definition) is 2. The third-order valence-corrected chi connectivity index (χ3v) is 4.34. The van der Waals surface area contributed by atoms with Gasteiger partial charge in [-0.15, -0.1) is 0 Å². The topological polar surface area (TPSA) is 76.4 Å². The normalized spacial score (nSPS) is 12.1. The predicted octanol–water partition coefficient (Wildman–Crippen LogP) is 2.36. The number of nitrogens with zero attached hydrogens (tertiary/aromatic N) is 2. The van der Waals surface area contributed by atoms with E-state index in [0.29, 0.717) is 23.4 Å². The van der Waals surface area contributed by atoms with Crippen molar-refractivity contribution in [3.8, 4) is 5.75 Å². The lowest BCUT2D eigenvalue weighted by Gasteiger charge is -2.14. The Morgan fingerprint density at radius 1 is 1.42 bits per heavy atom. The Kier molecular flexibility index (Phi) is 5.62. The van der Waals surface area contributed by atoms with Crippen molar-refractivity contribution in [2.75, 3.05) is 12.4 Å². The molecule has 6 heteroatoms. The van der Waals surface area contributed by atoms with Gasteiger partial charge in [0, 0.05) is 29.9 Å². The smallest absolute Gasteiger partial charge is 0.227 e. The molecule has 0 radical (unpaired) electrons. The summed E-state index contributed by atoms with van der Waals surface area (Å²) in [5.41, 5.74) is 4.45. The molecule has 130 valence electrons. The number of nitrogens with one attached hydrogen (secondary N) is 1. The van der Waals surface area contributed by atoms with Crippen molar-refractivity contribution >= 4 is 11.6 Å². The van der Waals surface area contributed by atoms with Gasteiger partial charge < -0.3 is 15.2 Å². The van der Waals surface area contributed by atoms with Crippen molar-refractivity contribution in [1.29, 1.82) is 0 Å². The Morgan fingerprint density at radius 2 is 2.12 bits per heavy atom. The van der Waals surface area contributed by atoms with Crippen LogP contribution in [0.3, 0.4) is 0 Å². The van der Waals surface area contributed by atoms with Crippen LogP contribution in [0.5, 0.6) is 5.75 Å². The molecule has 0 fully saturated rings. The molecule has 0 saturated heterocycles. The summed E-state index contributed by atoms with van der Waals surface area (Å²) >= 11 is 0. The third-order valence-electron chi connectivity index (χ3n) is 4.34. The number of aliphatic hydroxyl groups is 1. The van der Waals surface area contributed by atoms with Crippen molar-refractivity contribution in [2.24, 2.45) is 13.0 Å². The minimum atomic E-state index is -0.189. The molecule has 1 unspecified atom stereocenters. The van der Waals surface area contributed by atoms with E-state index in [1.807, 2.05) is 32.5 Å². The van der Waals surface area contributed by atoms with Gasteiger partial charge in [0.1, 0.15) is 5.75 Å². The van der Waals surface area contributed by atoms with Crippen LogP contribution < -0.4 is 10.1 Å². The van der Waals surface area contributed by atoms with Crippen LogP contribution in [0.2, 0.25) is 0 Å². The van der Waals surface area contributed by atoms with Crippen LogP contribution in [0, 0.1) is 19.8 Å². The average molecular weight is 331 g/mol. The Morgan fingerprint density at radius 3 is 2.67 bits per heavy atom. The monoisotopic (exact) mass is 331 g/mol.